The van der Waals surface area contributed by atoms with E-state index in [1.165, 1.54) is 6.07 Å². The topological polar surface area (TPSA) is 40.5 Å². The Bertz CT molecular complexity index is 409. The molecule has 0 aliphatic rings. The summed E-state index contributed by atoms with van der Waals surface area (Å²) in [6.07, 6.45) is 0.0348. The number of aliphatic carboxylic acids is 1. The molecule has 88 valence electrons. The smallest absolute Gasteiger partial charge is 0.305 e. The fourth-order valence-corrected chi connectivity index (χ4v) is 1.87. The number of carboxylic acids is 1. The van der Waals surface area contributed by atoms with Crippen LogP contribution in [0.15, 0.2) is 12.1 Å². The molecule has 1 aromatic rings. The molecule has 3 nitrogen and oxygen atoms in total. The molecule has 16 heavy (non-hydrogen) atoms. The Morgan fingerprint density at radius 2 is 1.81 bits per heavy atom. The highest BCUT2D eigenvalue weighted by Crippen LogP contribution is 2.33. The van der Waals surface area contributed by atoms with Crippen LogP contribution in [0.2, 0.25) is 15.1 Å². The van der Waals surface area contributed by atoms with Gasteiger partial charge in [-0.1, -0.05) is 34.8 Å². The first-order valence-corrected chi connectivity index (χ1v) is 5.62. The van der Waals surface area contributed by atoms with Gasteiger partial charge in [0.25, 0.3) is 0 Å². The van der Waals surface area contributed by atoms with E-state index in [-0.39, 0.29) is 6.42 Å². The predicted octanol–water partition coefficient (Wildman–Crippen LogP) is 3.56. The van der Waals surface area contributed by atoms with Gasteiger partial charge in [0.15, 0.2) is 0 Å². The molecule has 1 N–H and O–H groups in total. The van der Waals surface area contributed by atoms with Crippen LogP contribution in [0.5, 0.6) is 0 Å². The predicted molar refractivity (Wildman–Crippen MR) is 67.0 cm³/mol. The minimum absolute atomic E-state index is 0.0348. The van der Waals surface area contributed by atoms with Crippen LogP contribution in [-0.4, -0.2) is 24.7 Å². The van der Waals surface area contributed by atoms with Crippen LogP contribution in [0, 0.1) is 0 Å². The van der Waals surface area contributed by atoms with Gasteiger partial charge in [-0.3, -0.25) is 4.79 Å². The summed E-state index contributed by atoms with van der Waals surface area (Å²) >= 11 is 17.6. The number of rotatable bonds is 4. The molecule has 0 bridgehead atoms. The number of carbonyl (C=O) groups is 1. The van der Waals surface area contributed by atoms with Gasteiger partial charge in [-0.25, -0.2) is 0 Å². The van der Waals surface area contributed by atoms with Crippen molar-refractivity contribution in [1.82, 2.24) is 0 Å². The summed E-state index contributed by atoms with van der Waals surface area (Å²) < 4.78 is 0. The lowest BCUT2D eigenvalue weighted by atomic mass is 10.3. The Kier molecular flexibility index (Phi) is 4.71. The molecule has 0 heterocycles. The number of hydrogen-bond acceptors (Lipinski definition) is 2. The van der Waals surface area contributed by atoms with Gasteiger partial charge in [0.2, 0.25) is 0 Å². The summed E-state index contributed by atoms with van der Waals surface area (Å²) in [5, 5.41) is 9.79. The Morgan fingerprint density at radius 1 is 1.25 bits per heavy atom. The van der Waals surface area contributed by atoms with Gasteiger partial charge in [0, 0.05) is 13.6 Å². The van der Waals surface area contributed by atoms with Crippen molar-refractivity contribution in [2.75, 3.05) is 18.5 Å². The van der Waals surface area contributed by atoms with E-state index < -0.39 is 5.97 Å². The number of benzene rings is 1. The molecule has 1 aromatic carbocycles. The van der Waals surface area contributed by atoms with Crippen LogP contribution in [0.4, 0.5) is 5.69 Å². The molecule has 0 aliphatic carbocycles. The summed E-state index contributed by atoms with van der Waals surface area (Å²) in [6.45, 7) is 0.354. The van der Waals surface area contributed by atoms with Crippen molar-refractivity contribution in [3.8, 4) is 0 Å². The van der Waals surface area contributed by atoms with Gasteiger partial charge >= 0.3 is 5.97 Å². The molecule has 0 spiro atoms. The highest BCUT2D eigenvalue weighted by Gasteiger charge is 2.10. The second-order valence-electron chi connectivity index (χ2n) is 3.28. The van der Waals surface area contributed by atoms with Crippen LogP contribution in [-0.2, 0) is 4.79 Å². The molecule has 6 heteroatoms. The van der Waals surface area contributed by atoms with Crippen molar-refractivity contribution < 1.29 is 9.90 Å². The molecule has 0 aliphatic heterocycles. The lowest BCUT2D eigenvalue weighted by molar-refractivity contribution is -0.136. The van der Waals surface area contributed by atoms with E-state index in [2.05, 4.69) is 0 Å². The zero-order valence-corrected chi connectivity index (χ0v) is 10.8. The van der Waals surface area contributed by atoms with Gasteiger partial charge in [-0.2, -0.15) is 0 Å². The third-order valence-corrected chi connectivity index (χ3v) is 3.09. The highest BCUT2D eigenvalue weighted by molar-refractivity contribution is 6.44. The third kappa shape index (κ3) is 3.44. The maximum atomic E-state index is 10.4. The number of carboxylic acid groups (broad SMARTS) is 1. The van der Waals surface area contributed by atoms with Crippen LogP contribution in [0.3, 0.4) is 0 Å². The molecule has 0 radical (unpaired) electrons. The van der Waals surface area contributed by atoms with Gasteiger partial charge in [-0.15, -0.1) is 0 Å². The lowest BCUT2D eigenvalue weighted by Crippen LogP contribution is -2.21. The number of halogens is 3. The largest absolute Gasteiger partial charge is 0.481 e. The van der Waals surface area contributed by atoms with Crippen LogP contribution in [0.1, 0.15) is 6.42 Å². The highest BCUT2D eigenvalue weighted by atomic mass is 35.5. The van der Waals surface area contributed by atoms with Crippen molar-refractivity contribution in [3.63, 3.8) is 0 Å². The summed E-state index contributed by atoms with van der Waals surface area (Å²) in [6, 6.07) is 3.16. The first-order chi connectivity index (χ1) is 7.41. The quantitative estimate of drug-likeness (QED) is 0.859. The molecule has 0 atom stereocenters. The summed E-state index contributed by atoms with van der Waals surface area (Å²) in [7, 11) is 1.74. The van der Waals surface area contributed by atoms with Crippen LogP contribution >= 0.6 is 34.8 Å². The van der Waals surface area contributed by atoms with E-state index in [0.717, 1.165) is 0 Å². The van der Waals surface area contributed by atoms with Crippen LogP contribution < -0.4 is 4.90 Å². The molecule has 0 unspecified atom stereocenters. The maximum Gasteiger partial charge on any atom is 0.305 e. The Labute approximate surface area is 109 Å². The molecular weight excluding hydrogens is 272 g/mol. The van der Waals surface area contributed by atoms with E-state index in [9.17, 15) is 4.79 Å². The van der Waals surface area contributed by atoms with Gasteiger partial charge in [-0.05, 0) is 12.1 Å². The van der Waals surface area contributed by atoms with Crippen molar-refractivity contribution in [2.24, 2.45) is 0 Å². The SMILES string of the molecule is CN(CCC(=O)O)c1cc(Cl)c(Cl)cc1Cl. The molecular formula is C10H10Cl3NO2. The molecule has 0 fully saturated rings. The first kappa shape index (κ1) is 13.4. The van der Waals surface area contributed by atoms with Crippen LogP contribution in [0.25, 0.3) is 0 Å². The minimum atomic E-state index is -0.858. The fourth-order valence-electron chi connectivity index (χ4n) is 1.19. The number of anilines is 1. The summed E-state index contributed by atoms with van der Waals surface area (Å²) in [4.78, 5) is 12.2. The summed E-state index contributed by atoms with van der Waals surface area (Å²) in [5.41, 5.74) is 0.664. The number of nitrogens with zero attached hydrogens (tertiary/aromatic N) is 1. The first-order valence-electron chi connectivity index (χ1n) is 4.49. The molecule has 0 saturated heterocycles. The molecule has 0 aromatic heterocycles. The average molecular weight is 283 g/mol. The van der Waals surface area contributed by atoms with Crippen molar-refractivity contribution in [2.45, 2.75) is 6.42 Å². The van der Waals surface area contributed by atoms with E-state index in [1.54, 1.807) is 18.0 Å². The van der Waals surface area contributed by atoms with Crippen molar-refractivity contribution in [3.05, 3.63) is 27.2 Å². The Morgan fingerprint density at radius 3 is 2.38 bits per heavy atom. The second kappa shape index (κ2) is 5.62. The molecule has 1 rings (SSSR count). The van der Waals surface area contributed by atoms with Gasteiger partial charge in [0.1, 0.15) is 0 Å². The standard InChI is InChI=1S/C10H10Cl3NO2/c1-14(3-2-10(15)16)9-5-7(12)6(11)4-8(9)13/h4-5H,2-3H2,1H3,(H,15,16). The fraction of sp³-hybridized carbons (Fsp3) is 0.300. The second-order valence-corrected chi connectivity index (χ2v) is 4.50. The van der Waals surface area contributed by atoms with Gasteiger partial charge in [0.05, 0.1) is 27.2 Å². The van der Waals surface area contributed by atoms with Gasteiger partial charge < -0.3 is 10.0 Å². The monoisotopic (exact) mass is 281 g/mol. The Hall–Kier alpha value is -0.640. The summed E-state index contributed by atoms with van der Waals surface area (Å²) in [5.74, 6) is -0.858. The van der Waals surface area contributed by atoms with E-state index in [0.29, 0.717) is 27.3 Å². The third-order valence-electron chi connectivity index (χ3n) is 2.06. The van der Waals surface area contributed by atoms with E-state index >= 15 is 0 Å². The maximum absolute atomic E-state index is 10.4. The normalized spacial score (nSPS) is 10.2. The van der Waals surface area contributed by atoms with E-state index in [1.807, 2.05) is 0 Å². The van der Waals surface area contributed by atoms with E-state index in [4.69, 9.17) is 39.9 Å². The molecule has 0 saturated carbocycles. The zero-order valence-electron chi connectivity index (χ0n) is 8.51. The van der Waals surface area contributed by atoms with Crippen molar-refractivity contribution >= 4 is 46.5 Å². The minimum Gasteiger partial charge on any atom is -0.481 e. The Balaban J connectivity index is 2.86. The van der Waals surface area contributed by atoms with Crippen molar-refractivity contribution in [1.29, 1.82) is 0 Å². The number of hydrogen-bond donors (Lipinski definition) is 1. The molecule has 0 amide bonds. The zero-order chi connectivity index (χ0) is 12.3. The average Bonchev–Trinajstić information content (AvgIpc) is 2.20. The lowest BCUT2D eigenvalue weighted by Gasteiger charge is -2.20.